The largest absolute Gasteiger partial charge is 0.482 e. The number of carbonyl (C=O) groups is 1. The molecule has 0 unspecified atom stereocenters. The van der Waals surface area contributed by atoms with Crippen LogP contribution in [-0.4, -0.2) is 12.6 Å². The van der Waals surface area contributed by atoms with E-state index in [2.05, 4.69) is 13.8 Å². The molecule has 5 nitrogen and oxygen atoms in total. The highest BCUT2D eigenvalue weighted by Crippen LogP contribution is 2.28. The molecule has 3 aromatic carbocycles. The van der Waals surface area contributed by atoms with Gasteiger partial charge in [-0.15, -0.1) is 0 Å². The van der Waals surface area contributed by atoms with Crippen LogP contribution in [0.2, 0.25) is 0 Å². The number of hydrogen-bond donors (Lipinski definition) is 0. The van der Waals surface area contributed by atoms with Gasteiger partial charge in [-0.05, 0) is 53.6 Å². The number of benzene rings is 3. The molecule has 0 N–H and O–H groups in total. The van der Waals surface area contributed by atoms with Crippen LogP contribution in [0.4, 0.5) is 0 Å². The van der Waals surface area contributed by atoms with Gasteiger partial charge in [-0.1, -0.05) is 44.2 Å². The van der Waals surface area contributed by atoms with Gasteiger partial charge in [0.25, 0.3) is 0 Å². The molecule has 0 saturated heterocycles. The fourth-order valence-electron chi connectivity index (χ4n) is 3.47. The van der Waals surface area contributed by atoms with Gasteiger partial charge >= 0.3 is 11.6 Å². The third-order valence-electron chi connectivity index (χ3n) is 4.96. The summed E-state index contributed by atoms with van der Waals surface area (Å²) >= 11 is 0. The Labute approximate surface area is 173 Å². The molecule has 0 amide bonds. The van der Waals surface area contributed by atoms with Gasteiger partial charge in [0.15, 0.2) is 6.61 Å². The Kier molecular flexibility index (Phi) is 5.27. The molecule has 0 bridgehead atoms. The average Bonchev–Trinajstić information content (AvgIpc) is 2.72. The average molecular weight is 402 g/mol. The van der Waals surface area contributed by atoms with Crippen LogP contribution in [0.5, 0.6) is 11.5 Å². The number of fused-ring (bicyclic) bond motifs is 3. The van der Waals surface area contributed by atoms with Crippen LogP contribution in [-0.2, 0) is 4.79 Å². The highest BCUT2D eigenvalue weighted by Gasteiger charge is 2.13. The minimum atomic E-state index is -0.534. The van der Waals surface area contributed by atoms with Crippen LogP contribution in [0.15, 0.2) is 69.9 Å². The van der Waals surface area contributed by atoms with Crippen LogP contribution in [0, 0.1) is 6.92 Å². The number of ether oxygens (including phenoxy) is 2. The Morgan fingerprint density at radius 2 is 1.73 bits per heavy atom. The van der Waals surface area contributed by atoms with Crippen molar-refractivity contribution in [3.8, 4) is 11.5 Å². The smallest absolute Gasteiger partial charge is 0.349 e. The summed E-state index contributed by atoms with van der Waals surface area (Å²) in [7, 11) is 0. The Balaban J connectivity index is 1.53. The first-order chi connectivity index (χ1) is 14.4. The van der Waals surface area contributed by atoms with Crippen molar-refractivity contribution in [2.24, 2.45) is 0 Å². The molecule has 0 spiro atoms. The molecular formula is C25H22O5. The first-order valence-corrected chi connectivity index (χ1v) is 9.82. The topological polar surface area (TPSA) is 65.7 Å². The molecule has 5 heteroatoms. The van der Waals surface area contributed by atoms with E-state index in [9.17, 15) is 9.59 Å². The van der Waals surface area contributed by atoms with E-state index in [1.165, 1.54) is 0 Å². The third kappa shape index (κ3) is 3.92. The van der Waals surface area contributed by atoms with E-state index < -0.39 is 11.6 Å². The maximum Gasteiger partial charge on any atom is 0.349 e. The maximum atomic E-state index is 12.3. The number of rotatable bonds is 5. The second kappa shape index (κ2) is 8.03. The van der Waals surface area contributed by atoms with Crippen molar-refractivity contribution in [2.45, 2.75) is 26.7 Å². The Hall–Kier alpha value is -3.60. The first-order valence-electron chi connectivity index (χ1n) is 9.82. The van der Waals surface area contributed by atoms with E-state index in [0.29, 0.717) is 22.5 Å². The Bertz CT molecular complexity index is 1300. The van der Waals surface area contributed by atoms with Crippen molar-refractivity contribution in [3.05, 3.63) is 82.2 Å². The summed E-state index contributed by atoms with van der Waals surface area (Å²) in [5.74, 6) is 0.712. The summed E-state index contributed by atoms with van der Waals surface area (Å²) in [4.78, 5) is 24.5. The van der Waals surface area contributed by atoms with E-state index in [-0.39, 0.29) is 12.5 Å². The van der Waals surface area contributed by atoms with Crippen LogP contribution in [0.25, 0.3) is 21.7 Å². The van der Waals surface area contributed by atoms with Crippen LogP contribution < -0.4 is 15.1 Å². The van der Waals surface area contributed by atoms with Gasteiger partial charge in [0.05, 0.1) is 5.39 Å². The monoisotopic (exact) mass is 402 g/mol. The normalized spacial score (nSPS) is 11.2. The second-order valence-corrected chi connectivity index (χ2v) is 7.55. The molecule has 1 aromatic heterocycles. The molecule has 0 aliphatic rings. The Morgan fingerprint density at radius 3 is 2.50 bits per heavy atom. The molecule has 0 saturated carbocycles. The lowest BCUT2D eigenvalue weighted by molar-refractivity contribution is -0.136. The molecular weight excluding hydrogens is 380 g/mol. The standard InChI is InChI=1S/C25H22O5/c1-15(2)18-10-8-16(3)12-22(18)28-14-24(26)29-17-9-11-20-19-6-4-5-7-21(19)25(27)30-23(20)13-17/h4-13,15H,14H2,1-3H3. The van der Waals surface area contributed by atoms with Gasteiger partial charge in [-0.2, -0.15) is 0 Å². The Morgan fingerprint density at radius 1 is 0.967 bits per heavy atom. The van der Waals surface area contributed by atoms with Crippen LogP contribution in [0.3, 0.4) is 0 Å². The summed E-state index contributed by atoms with van der Waals surface area (Å²) in [6, 6.07) is 18.2. The first kappa shape index (κ1) is 19.7. The van der Waals surface area contributed by atoms with Crippen molar-refractivity contribution < 1.29 is 18.7 Å². The predicted molar refractivity (Wildman–Crippen MR) is 116 cm³/mol. The number of aryl methyl sites for hydroxylation is 1. The summed E-state index contributed by atoms with van der Waals surface area (Å²) < 4.78 is 16.5. The SMILES string of the molecule is Cc1ccc(C(C)C)c(OCC(=O)Oc2ccc3c(c2)oc(=O)c2ccccc23)c1. The zero-order chi connectivity index (χ0) is 21.3. The molecule has 1 heterocycles. The zero-order valence-corrected chi connectivity index (χ0v) is 17.1. The quantitative estimate of drug-likeness (QED) is 0.195. The maximum absolute atomic E-state index is 12.3. The lowest BCUT2D eigenvalue weighted by atomic mass is 10.0. The van der Waals surface area contributed by atoms with Crippen molar-refractivity contribution in [1.29, 1.82) is 0 Å². The zero-order valence-electron chi connectivity index (χ0n) is 17.1. The summed E-state index contributed by atoms with van der Waals surface area (Å²) in [6.07, 6.45) is 0. The summed E-state index contributed by atoms with van der Waals surface area (Å²) in [5.41, 5.74) is 2.03. The molecule has 0 aliphatic heterocycles. The minimum absolute atomic E-state index is 0.219. The second-order valence-electron chi connectivity index (χ2n) is 7.55. The molecule has 4 aromatic rings. The van der Waals surface area contributed by atoms with E-state index in [4.69, 9.17) is 13.9 Å². The van der Waals surface area contributed by atoms with Gasteiger partial charge in [0.1, 0.15) is 17.1 Å². The molecule has 0 fully saturated rings. The molecule has 0 atom stereocenters. The molecule has 4 rings (SSSR count). The highest BCUT2D eigenvalue weighted by molar-refractivity contribution is 6.04. The molecule has 152 valence electrons. The van der Waals surface area contributed by atoms with Gasteiger partial charge in [0, 0.05) is 11.5 Å². The van der Waals surface area contributed by atoms with Gasteiger partial charge in [0.2, 0.25) is 0 Å². The van der Waals surface area contributed by atoms with E-state index in [0.717, 1.165) is 21.9 Å². The van der Waals surface area contributed by atoms with Gasteiger partial charge in [-0.3, -0.25) is 0 Å². The number of carbonyl (C=O) groups excluding carboxylic acids is 1. The van der Waals surface area contributed by atoms with E-state index in [1.54, 1.807) is 30.3 Å². The van der Waals surface area contributed by atoms with E-state index >= 15 is 0 Å². The lowest BCUT2D eigenvalue weighted by Gasteiger charge is -2.14. The van der Waals surface area contributed by atoms with Crippen LogP contribution in [0.1, 0.15) is 30.9 Å². The minimum Gasteiger partial charge on any atom is -0.482 e. The third-order valence-corrected chi connectivity index (χ3v) is 4.96. The fraction of sp³-hybridized carbons (Fsp3) is 0.200. The molecule has 0 radical (unpaired) electrons. The van der Waals surface area contributed by atoms with Crippen molar-refractivity contribution in [2.75, 3.05) is 6.61 Å². The number of esters is 1. The lowest BCUT2D eigenvalue weighted by Crippen LogP contribution is -2.18. The number of hydrogen-bond acceptors (Lipinski definition) is 5. The van der Waals surface area contributed by atoms with Gasteiger partial charge < -0.3 is 13.9 Å². The predicted octanol–water partition coefficient (Wildman–Crippen LogP) is 5.36. The van der Waals surface area contributed by atoms with Crippen molar-refractivity contribution in [1.82, 2.24) is 0 Å². The van der Waals surface area contributed by atoms with Crippen molar-refractivity contribution in [3.63, 3.8) is 0 Å². The molecule has 0 aliphatic carbocycles. The van der Waals surface area contributed by atoms with Crippen LogP contribution >= 0.6 is 0 Å². The fourth-order valence-corrected chi connectivity index (χ4v) is 3.47. The highest BCUT2D eigenvalue weighted by atomic mass is 16.6. The van der Waals surface area contributed by atoms with Gasteiger partial charge in [-0.25, -0.2) is 9.59 Å². The molecule has 30 heavy (non-hydrogen) atoms. The van der Waals surface area contributed by atoms with Crippen molar-refractivity contribution >= 4 is 27.7 Å². The summed E-state index contributed by atoms with van der Waals surface area (Å²) in [5, 5.41) is 2.09. The van der Waals surface area contributed by atoms with E-state index in [1.807, 2.05) is 37.3 Å². The summed E-state index contributed by atoms with van der Waals surface area (Å²) in [6.45, 7) is 5.90.